The van der Waals surface area contributed by atoms with Crippen LogP contribution in [0.15, 0.2) is 42.5 Å². The summed E-state index contributed by atoms with van der Waals surface area (Å²) in [5.41, 5.74) is 0.825. The minimum Gasteiger partial charge on any atom is -0.490 e. The molecule has 12 heteroatoms. The summed E-state index contributed by atoms with van der Waals surface area (Å²) in [6, 6.07) is 9.56. The molecule has 2 aromatic carbocycles. The van der Waals surface area contributed by atoms with Crippen molar-refractivity contribution >= 4 is 17.6 Å². The second kappa shape index (κ2) is 18.1. The number of carbonyl (C=O) groups excluding carboxylic acids is 2. The van der Waals surface area contributed by atoms with Crippen molar-refractivity contribution in [2.45, 2.75) is 109 Å². The van der Waals surface area contributed by atoms with Gasteiger partial charge in [-0.15, -0.1) is 0 Å². The van der Waals surface area contributed by atoms with E-state index in [0.717, 1.165) is 62.6 Å². The van der Waals surface area contributed by atoms with Crippen LogP contribution in [0.25, 0.3) is 0 Å². The molecule has 2 aromatic rings. The average Bonchev–Trinajstić information content (AvgIpc) is 3.06. The quantitative estimate of drug-likeness (QED) is 0.274. The Morgan fingerprint density at radius 1 is 1.04 bits per heavy atom. The number of alkyl halides is 3. The third kappa shape index (κ3) is 11.6. The number of rotatable bonds is 8. The van der Waals surface area contributed by atoms with E-state index in [9.17, 15) is 27.9 Å². The van der Waals surface area contributed by atoms with Crippen molar-refractivity contribution in [2.75, 3.05) is 38.7 Å². The lowest BCUT2D eigenvalue weighted by Crippen LogP contribution is -2.47. The number of nitrogens with zero attached hydrogens (tertiary/aromatic N) is 2. The van der Waals surface area contributed by atoms with Gasteiger partial charge in [-0.25, -0.2) is 4.79 Å². The highest BCUT2D eigenvalue weighted by Gasteiger charge is 2.32. The number of likely N-dealkylation sites (N-methyl/N-ethyl adjacent to an activating group) is 1. The van der Waals surface area contributed by atoms with Gasteiger partial charge in [0.2, 0.25) is 0 Å². The maximum Gasteiger partial charge on any atom is 0.416 e. The first-order valence-electron chi connectivity index (χ1n) is 17.6. The smallest absolute Gasteiger partial charge is 0.416 e. The van der Waals surface area contributed by atoms with Crippen LogP contribution in [-0.2, 0) is 17.5 Å². The zero-order chi connectivity index (χ0) is 35.6. The molecule has 1 aliphatic carbocycles. The summed E-state index contributed by atoms with van der Waals surface area (Å²) >= 11 is 0. The summed E-state index contributed by atoms with van der Waals surface area (Å²) in [5.74, 6) is -0.0812. The topological polar surface area (TPSA) is 103 Å². The van der Waals surface area contributed by atoms with Crippen LogP contribution in [0.1, 0.15) is 93.6 Å². The molecular weight excluding hydrogens is 637 g/mol. The van der Waals surface area contributed by atoms with E-state index in [0.29, 0.717) is 36.7 Å². The van der Waals surface area contributed by atoms with Gasteiger partial charge in [0, 0.05) is 43.9 Å². The monoisotopic (exact) mass is 690 g/mol. The van der Waals surface area contributed by atoms with Gasteiger partial charge in [-0.2, -0.15) is 13.2 Å². The second-order valence-corrected chi connectivity index (χ2v) is 13.8. The molecule has 3 N–H and O–H groups in total. The number of aliphatic hydroxyl groups excluding tert-OH is 1. The van der Waals surface area contributed by atoms with E-state index in [1.165, 1.54) is 18.6 Å². The van der Waals surface area contributed by atoms with Gasteiger partial charge in [0.15, 0.2) is 0 Å². The average molecular weight is 691 g/mol. The molecule has 272 valence electrons. The number of urea groups is 1. The highest BCUT2D eigenvalue weighted by Crippen LogP contribution is 2.30. The van der Waals surface area contributed by atoms with Crippen molar-refractivity contribution in [3.05, 3.63) is 59.2 Å². The van der Waals surface area contributed by atoms with E-state index in [4.69, 9.17) is 9.47 Å². The van der Waals surface area contributed by atoms with Gasteiger partial charge >= 0.3 is 12.2 Å². The molecule has 3 amide bonds. The number of halogens is 3. The van der Waals surface area contributed by atoms with E-state index >= 15 is 0 Å². The van der Waals surface area contributed by atoms with Gasteiger partial charge in [-0.1, -0.05) is 38.3 Å². The minimum atomic E-state index is -4.39. The maximum absolute atomic E-state index is 14.4. The van der Waals surface area contributed by atoms with Gasteiger partial charge in [-0.05, 0) is 88.9 Å². The fourth-order valence-corrected chi connectivity index (χ4v) is 6.54. The standard InChI is InChI=1S/C37H53F3N4O5/c1-25-21-44(26(2)24-45)35(46)32-20-31(42-36(47)41-30-11-6-5-7-12-30)17-18-33(32)49-27(3)10-8-9-19-48-34(25)23-43(4)22-28-13-15-29(16-14-28)37(38,39)40/h13-18,20,25-27,30,34,45H,5-12,19,21-24H2,1-4H3,(H2,41,42,47)/t25-,26+,27+,34+/m0/s1. The highest BCUT2D eigenvalue weighted by molar-refractivity contribution is 5.99. The molecule has 0 saturated heterocycles. The Hall–Kier alpha value is -3.35. The molecule has 0 unspecified atom stereocenters. The van der Waals surface area contributed by atoms with Crippen molar-refractivity contribution in [3.63, 3.8) is 0 Å². The Kier molecular flexibility index (Phi) is 14.2. The van der Waals surface area contributed by atoms with E-state index in [-0.39, 0.29) is 49.3 Å². The normalized spacial score (nSPS) is 22.5. The summed E-state index contributed by atoms with van der Waals surface area (Å²) in [4.78, 5) is 30.9. The van der Waals surface area contributed by atoms with E-state index < -0.39 is 17.8 Å². The van der Waals surface area contributed by atoms with Gasteiger partial charge < -0.3 is 30.1 Å². The van der Waals surface area contributed by atoms with Crippen LogP contribution in [0, 0.1) is 5.92 Å². The largest absolute Gasteiger partial charge is 0.490 e. The predicted molar refractivity (Wildman–Crippen MR) is 184 cm³/mol. The molecule has 9 nitrogen and oxygen atoms in total. The van der Waals surface area contributed by atoms with E-state index in [1.54, 1.807) is 30.0 Å². The number of amides is 3. The molecule has 0 aromatic heterocycles. The number of hydrogen-bond donors (Lipinski definition) is 3. The lowest BCUT2D eigenvalue weighted by molar-refractivity contribution is -0.137. The molecule has 0 spiro atoms. The molecule has 4 atom stereocenters. The van der Waals surface area contributed by atoms with Crippen LogP contribution < -0.4 is 15.4 Å². The predicted octanol–water partition coefficient (Wildman–Crippen LogP) is 7.09. The Morgan fingerprint density at radius 3 is 2.41 bits per heavy atom. The number of aliphatic hydroxyl groups is 1. The van der Waals surface area contributed by atoms with Crippen LogP contribution in [0.2, 0.25) is 0 Å². The summed E-state index contributed by atoms with van der Waals surface area (Å²) in [5, 5.41) is 16.2. The van der Waals surface area contributed by atoms with Crippen molar-refractivity contribution in [3.8, 4) is 5.75 Å². The highest BCUT2D eigenvalue weighted by atomic mass is 19.4. The zero-order valence-corrected chi connectivity index (χ0v) is 29.2. The van der Waals surface area contributed by atoms with E-state index in [2.05, 4.69) is 10.6 Å². The van der Waals surface area contributed by atoms with Crippen molar-refractivity contribution in [2.24, 2.45) is 5.92 Å². The SMILES string of the molecule is C[C@@H]1CCCCO[C@H](CN(C)Cc2ccc(C(F)(F)F)cc2)[C@@H](C)CN([C@H](C)CO)C(=O)c2cc(NC(=O)NC3CCCCC3)ccc2O1. The number of ether oxygens (including phenoxy) is 2. The van der Waals surface area contributed by atoms with Crippen molar-refractivity contribution < 1.29 is 37.3 Å². The first kappa shape index (κ1) is 38.5. The van der Waals surface area contributed by atoms with Gasteiger partial charge in [0.05, 0.1) is 36.0 Å². The molecule has 0 bridgehead atoms. The molecule has 0 radical (unpaired) electrons. The summed E-state index contributed by atoms with van der Waals surface area (Å²) in [6.07, 6.45) is 2.78. The van der Waals surface area contributed by atoms with Crippen LogP contribution in [-0.4, -0.2) is 84.5 Å². The lowest BCUT2D eigenvalue weighted by Gasteiger charge is -2.36. The van der Waals surface area contributed by atoms with Crippen molar-refractivity contribution in [1.29, 1.82) is 0 Å². The molecule has 1 aliphatic heterocycles. The number of fused-ring (bicyclic) bond motifs is 1. The molecule has 1 saturated carbocycles. The Labute approximate surface area is 288 Å². The summed E-state index contributed by atoms with van der Waals surface area (Å²) in [7, 11) is 1.90. The summed E-state index contributed by atoms with van der Waals surface area (Å²) < 4.78 is 51.9. The molecule has 4 rings (SSSR count). The molecule has 2 aliphatic rings. The maximum atomic E-state index is 14.4. The van der Waals surface area contributed by atoms with Crippen molar-refractivity contribution in [1.82, 2.24) is 15.1 Å². The van der Waals surface area contributed by atoms with Crippen LogP contribution in [0.5, 0.6) is 5.75 Å². The first-order valence-corrected chi connectivity index (χ1v) is 17.6. The van der Waals surface area contributed by atoms with Gasteiger partial charge in [0.25, 0.3) is 5.91 Å². The fraction of sp³-hybridized carbons (Fsp3) is 0.622. The van der Waals surface area contributed by atoms with Crippen LogP contribution in [0.3, 0.4) is 0 Å². The number of nitrogens with one attached hydrogen (secondary N) is 2. The lowest BCUT2D eigenvalue weighted by atomic mass is 9.96. The number of benzene rings is 2. The molecule has 49 heavy (non-hydrogen) atoms. The molecule has 1 fully saturated rings. The molecule has 1 heterocycles. The Morgan fingerprint density at radius 2 is 1.73 bits per heavy atom. The van der Waals surface area contributed by atoms with Gasteiger partial charge in [-0.3, -0.25) is 9.69 Å². The summed E-state index contributed by atoms with van der Waals surface area (Å²) in [6.45, 7) is 7.17. The Bertz CT molecular complexity index is 1350. The Balaban J connectivity index is 1.54. The van der Waals surface area contributed by atoms with E-state index in [1.807, 2.05) is 25.8 Å². The molecular formula is C37H53F3N4O5. The van der Waals surface area contributed by atoms with Crippen LogP contribution >= 0.6 is 0 Å². The first-order chi connectivity index (χ1) is 23.3. The van der Waals surface area contributed by atoms with Gasteiger partial charge in [0.1, 0.15) is 5.75 Å². The third-order valence-corrected chi connectivity index (χ3v) is 9.48. The zero-order valence-electron chi connectivity index (χ0n) is 29.2. The number of anilines is 1. The minimum absolute atomic E-state index is 0.128. The van der Waals surface area contributed by atoms with Crippen LogP contribution in [0.4, 0.5) is 23.7 Å². The third-order valence-electron chi connectivity index (χ3n) is 9.48. The second-order valence-electron chi connectivity index (χ2n) is 13.8. The fourth-order valence-electron chi connectivity index (χ4n) is 6.54. The number of hydrogen-bond acceptors (Lipinski definition) is 6. The number of carbonyl (C=O) groups is 2.